The first-order valence-corrected chi connectivity index (χ1v) is 8.92. The molecule has 0 spiro atoms. The van der Waals surface area contributed by atoms with Crippen molar-refractivity contribution in [3.63, 3.8) is 0 Å². The number of H-pyrrole nitrogens is 1. The van der Waals surface area contributed by atoms with Crippen molar-refractivity contribution in [2.75, 3.05) is 0 Å². The smallest absolute Gasteiger partial charge is 0.406 e. The molecule has 1 aromatic heterocycles. The van der Waals surface area contributed by atoms with E-state index in [1.165, 1.54) is 35.0 Å². The van der Waals surface area contributed by atoms with Gasteiger partial charge in [-0.05, 0) is 36.8 Å². The third-order valence-corrected chi connectivity index (χ3v) is 4.21. The molecular formula is C20H17ClF3N3O2. The van der Waals surface area contributed by atoms with Gasteiger partial charge in [-0.3, -0.25) is 9.89 Å². The predicted octanol–water partition coefficient (Wildman–Crippen LogP) is 5.37. The Labute approximate surface area is 169 Å². The summed E-state index contributed by atoms with van der Waals surface area (Å²) >= 11 is 5.85. The van der Waals surface area contributed by atoms with E-state index in [0.29, 0.717) is 17.3 Å². The van der Waals surface area contributed by atoms with Crippen LogP contribution in [-0.4, -0.2) is 22.1 Å². The second kappa shape index (κ2) is 8.48. The SMILES string of the molecule is C/C(=C/C(=O)n1cc(-c2ccc(Cl)cc2)[nH]1)NCc1ccc(OC(F)(F)F)cc1. The molecule has 152 valence electrons. The zero-order valence-corrected chi connectivity index (χ0v) is 16.0. The summed E-state index contributed by atoms with van der Waals surface area (Å²) < 4.78 is 41.7. The van der Waals surface area contributed by atoms with Gasteiger partial charge >= 0.3 is 6.36 Å². The maximum Gasteiger partial charge on any atom is 0.573 e. The Morgan fingerprint density at radius 3 is 2.38 bits per heavy atom. The third kappa shape index (κ3) is 5.92. The van der Waals surface area contributed by atoms with Gasteiger partial charge in [0.25, 0.3) is 5.91 Å². The lowest BCUT2D eigenvalue weighted by Gasteiger charge is -2.14. The maximum atomic E-state index is 12.2. The number of hydrogen-bond donors (Lipinski definition) is 2. The number of alkyl halides is 3. The highest BCUT2D eigenvalue weighted by Gasteiger charge is 2.30. The largest absolute Gasteiger partial charge is 0.573 e. The average Bonchev–Trinajstić information content (AvgIpc) is 2.60. The fraction of sp³-hybridized carbons (Fsp3) is 0.150. The van der Waals surface area contributed by atoms with Gasteiger partial charge in [-0.1, -0.05) is 35.9 Å². The number of aromatic nitrogens is 2. The van der Waals surface area contributed by atoms with Gasteiger partial charge in [0.2, 0.25) is 0 Å². The first kappa shape index (κ1) is 20.6. The molecule has 0 bridgehead atoms. The molecule has 0 atom stereocenters. The van der Waals surface area contributed by atoms with Crippen LogP contribution in [-0.2, 0) is 6.54 Å². The second-order valence-electron chi connectivity index (χ2n) is 6.24. The number of hydrogen-bond acceptors (Lipinski definition) is 3. The monoisotopic (exact) mass is 423 g/mol. The van der Waals surface area contributed by atoms with E-state index >= 15 is 0 Å². The molecule has 0 aliphatic rings. The number of benzene rings is 2. The Hall–Kier alpha value is -3.13. The van der Waals surface area contributed by atoms with Crippen LogP contribution in [0.25, 0.3) is 11.3 Å². The molecule has 0 saturated carbocycles. The van der Waals surface area contributed by atoms with Crippen molar-refractivity contribution in [1.29, 1.82) is 0 Å². The van der Waals surface area contributed by atoms with Gasteiger partial charge in [0.1, 0.15) is 5.75 Å². The quantitative estimate of drug-likeness (QED) is 0.524. The topological polar surface area (TPSA) is 59.0 Å². The molecule has 0 saturated heterocycles. The highest BCUT2D eigenvalue weighted by molar-refractivity contribution is 6.30. The van der Waals surface area contributed by atoms with Crippen molar-refractivity contribution in [3.05, 3.63) is 77.1 Å². The number of nitrogens with zero attached hydrogens (tertiary/aromatic N) is 1. The highest BCUT2D eigenvalue weighted by Crippen LogP contribution is 2.23. The van der Waals surface area contributed by atoms with Crippen LogP contribution < -0.4 is 10.1 Å². The van der Waals surface area contributed by atoms with E-state index in [4.69, 9.17) is 11.6 Å². The van der Waals surface area contributed by atoms with E-state index in [0.717, 1.165) is 16.8 Å². The number of allylic oxidation sites excluding steroid dienone is 2. The number of carbonyl (C=O) groups excluding carboxylic acids is 1. The Morgan fingerprint density at radius 2 is 1.79 bits per heavy atom. The molecule has 0 radical (unpaired) electrons. The van der Waals surface area contributed by atoms with Crippen molar-refractivity contribution in [1.82, 2.24) is 15.1 Å². The van der Waals surface area contributed by atoms with Crippen molar-refractivity contribution in [2.24, 2.45) is 0 Å². The molecule has 1 heterocycles. The van der Waals surface area contributed by atoms with Crippen LogP contribution >= 0.6 is 11.6 Å². The summed E-state index contributed by atoms with van der Waals surface area (Å²) in [5, 5.41) is 6.61. The average molecular weight is 424 g/mol. The Bertz CT molecular complexity index is 991. The lowest BCUT2D eigenvalue weighted by molar-refractivity contribution is -0.274. The van der Waals surface area contributed by atoms with E-state index in [2.05, 4.69) is 15.2 Å². The van der Waals surface area contributed by atoms with Crippen LogP contribution in [0.1, 0.15) is 17.3 Å². The number of carbonyl (C=O) groups is 1. The zero-order chi connectivity index (χ0) is 21.0. The standard InChI is InChI=1S/C20H17ClF3N3O2/c1-13(25-11-14-2-8-17(9-3-14)29-20(22,23)24)10-19(28)27-12-18(26-27)15-4-6-16(21)7-5-15/h2-10,12,25-26H,11H2,1H3/b13-10-. The third-order valence-electron chi connectivity index (χ3n) is 3.96. The molecule has 2 aromatic carbocycles. The van der Waals surface area contributed by atoms with E-state index in [1.54, 1.807) is 25.3 Å². The van der Waals surface area contributed by atoms with Crippen LogP contribution in [0.2, 0.25) is 5.02 Å². The number of rotatable bonds is 6. The van der Waals surface area contributed by atoms with Gasteiger partial charge in [-0.15, -0.1) is 13.2 Å². The van der Waals surface area contributed by atoms with Gasteiger partial charge < -0.3 is 10.1 Å². The van der Waals surface area contributed by atoms with Crippen molar-refractivity contribution >= 4 is 17.5 Å². The Morgan fingerprint density at radius 1 is 1.17 bits per heavy atom. The fourth-order valence-electron chi connectivity index (χ4n) is 2.50. The van der Waals surface area contributed by atoms with E-state index in [9.17, 15) is 18.0 Å². The molecule has 0 fully saturated rings. The summed E-state index contributed by atoms with van der Waals surface area (Å²) in [5.41, 5.74) is 3.07. The summed E-state index contributed by atoms with van der Waals surface area (Å²) in [6.45, 7) is 2.07. The molecule has 9 heteroatoms. The van der Waals surface area contributed by atoms with Gasteiger partial charge in [-0.2, -0.15) is 0 Å². The molecule has 3 rings (SSSR count). The van der Waals surface area contributed by atoms with Crippen LogP contribution in [0.15, 0.2) is 66.5 Å². The molecule has 3 aromatic rings. The van der Waals surface area contributed by atoms with Crippen LogP contribution in [0, 0.1) is 0 Å². The molecule has 29 heavy (non-hydrogen) atoms. The number of nitrogens with one attached hydrogen (secondary N) is 2. The van der Waals surface area contributed by atoms with E-state index in [1.807, 2.05) is 12.1 Å². The molecule has 0 aliphatic carbocycles. The van der Waals surface area contributed by atoms with Crippen LogP contribution in [0.5, 0.6) is 5.75 Å². The van der Waals surface area contributed by atoms with E-state index in [-0.39, 0.29) is 11.7 Å². The summed E-state index contributed by atoms with van der Waals surface area (Å²) in [5.74, 6) is -0.544. The summed E-state index contributed by atoms with van der Waals surface area (Å²) in [6.07, 6.45) is -1.62. The molecular weight excluding hydrogens is 407 g/mol. The van der Waals surface area contributed by atoms with Crippen LogP contribution in [0.3, 0.4) is 0 Å². The minimum absolute atomic E-state index is 0.262. The summed E-state index contributed by atoms with van der Waals surface area (Å²) in [4.78, 5) is 12.2. The minimum atomic E-state index is -4.72. The molecule has 0 unspecified atom stereocenters. The molecule has 0 amide bonds. The maximum absolute atomic E-state index is 12.2. The lowest BCUT2D eigenvalue weighted by atomic mass is 10.1. The Kier molecular flexibility index (Phi) is 6.03. The first-order valence-electron chi connectivity index (χ1n) is 8.54. The van der Waals surface area contributed by atoms with Crippen molar-refractivity contribution in [3.8, 4) is 17.0 Å². The predicted molar refractivity (Wildman–Crippen MR) is 104 cm³/mol. The summed E-state index contributed by atoms with van der Waals surface area (Å²) in [6, 6.07) is 12.7. The minimum Gasteiger partial charge on any atom is -0.406 e. The second-order valence-corrected chi connectivity index (χ2v) is 6.68. The van der Waals surface area contributed by atoms with Crippen LogP contribution in [0.4, 0.5) is 13.2 Å². The van der Waals surface area contributed by atoms with Gasteiger partial charge in [0.05, 0.1) is 11.9 Å². The van der Waals surface area contributed by atoms with Crippen molar-refractivity contribution < 1.29 is 22.7 Å². The van der Waals surface area contributed by atoms with Gasteiger partial charge in [0, 0.05) is 28.9 Å². The van der Waals surface area contributed by atoms with Gasteiger partial charge in [-0.25, -0.2) is 4.68 Å². The summed E-state index contributed by atoms with van der Waals surface area (Å²) in [7, 11) is 0. The highest BCUT2D eigenvalue weighted by atomic mass is 35.5. The molecule has 5 nitrogen and oxygen atoms in total. The Balaban J connectivity index is 1.52. The number of ether oxygens (including phenoxy) is 1. The van der Waals surface area contributed by atoms with Crippen molar-refractivity contribution in [2.45, 2.75) is 19.8 Å². The number of aromatic amines is 1. The first-order chi connectivity index (χ1) is 13.7. The lowest BCUT2D eigenvalue weighted by Crippen LogP contribution is -2.20. The van der Waals surface area contributed by atoms with E-state index < -0.39 is 6.36 Å². The zero-order valence-electron chi connectivity index (χ0n) is 15.3. The van der Waals surface area contributed by atoms with Gasteiger partial charge in [0.15, 0.2) is 0 Å². The molecule has 2 N–H and O–H groups in total. The number of halogens is 4. The normalized spacial score (nSPS) is 12.1. The fourth-order valence-corrected chi connectivity index (χ4v) is 2.62. The molecule has 0 aliphatic heterocycles.